The highest BCUT2D eigenvalue weighted by atomic mass is 32.1. The number of aromatic nitrogens is 2. The summed E-state index contributed by atoms with van der Waals surface area (Å²) in [4.78, 5) is 8.83. The SMILES string of the molecule is Cc1cc(CNCc2nccs2)c2ccccc2n1. The molecule has 0 fully saturated rings. The van der Waals surface area contributed by atoms with E-state index in [1.165, 1.54) is 10.9 Å². The van der Waals surface area contributed by atoms with Crippen LogP contribution in [0.2, 0.25) is 0 Å². The van der Waals surface area contributed by atoms with Gasteiger partial charge in [-0.25, -0.2) is 4.98 Å². The minimum atomic E-state index is 0.813. The van der Waals surface area contributed by atoms with Crippen LogP contribution in [0.3, 0.4) is 0 Å². The molecule has 2 heterocycles. The van der Waals surface area contributed by atoms with Gasteiger partial charge in [0.25, 0.3) is 0 Å². The Hall–Kier alpha value is -1.78. The van der Waals surface area contributed by atoms with Gasteiger partial charge in [-0.05, 0) is 24.6 Å². The molecule has 0 atom stereocenters. The maximum Gasteiger partial charge on any atom is 0.106 e. The van der Waals surface area contributed by atoms with Gasteiger partial charge in [-0.15, -0.1) is 11.3 Å². The Kier molecular flexibility index (Phi) is 3.53. The second-order valence-electron chi connectivity index (χ2n) is 4.47. The summed E-state index contributed by atoms with van der Waals surface area (Å²) in [7, 11) is 0. The first-order valence-electron chi connectivity index (χ1n) is 6.27. The standard InChI is InChI=1S/C15H15N3S/c1-11-8-12(9-16-10-15-17-6-7-19-15)13-4-2-3-5-14(13)18-11/h2-8,16H,9-10H2,1H3. The van der Waals surface area contributed by atoms with Crippen LogP contribution in [0.5, 0.6) is 0 Å². The molecular weight excluding hydrogens is 254 g/mol. The van der Waals surface area contributed by atoms with E-state index in [-0.39, 0.29) is 0 Å². The van der Waals surface area contributed by atoms with Crippen molar-refractivity contribution < 1.29 is 0 Å². The van der Waals surface area contributed by atoms with Crippen molar-refractivity contribution in [2.45, 2.75) is 20.0 Å². The first kappa shape index (κ1) is 12.3. The summed E-state index contributed by atoms with van der Waals surface area (Å²) in [6.07, 6.45) is 1.84. The van der Waals surface area contributed by atoms with Crippen LogP contribution >= 0.6 is 11.3 Å². The van der Waals surface area contributed by atoms with Gasteiger partial charge >= 0.3 is 0 Å². The first-order chi connectivity index (χ1) is 9.33. The molecule has 3 nitrogen and oxygen atoms in total. The average molecular weight is 269 g/mol. The van der Waals surface area contributed by atoms with Gasteiger partial charge in [-0.3, -0.25) is 4.98 Å². The van der Waals surface area contributed by atoms with Gasteiger partial charge in [0.15, 0.2) is 0 Å². The summed E-state index contributed by atoms with van der Waals surface area (Å²) in [5, 5.41) is 7.79. The van der Waals surface area contributed by atoms with E-state index in [1.807, 2.05) is 24.6 Å². The number of benzene rings is 1. The molecule has 0 spiro atoms. The van der Waals surface area contributed by atoms with Crippen LogP contribution in [0.15, 0.2) is 41.9 Å². The van der Waals surface area contributed by atoms with E-state index in [0.29, 0.717) is 0 Å². The minimum absolute atomic E-state index is 0.813. The number of rotatable bonds is 4. The number of para-hydroxylation sites is 1. The number of aryl methyl sites for hydroxylation is 1. The number of fused-ring (bicyclic) bond motifs is 1. The lowest BCUT2D eigenvalue weighted by Gasteiger charge is -2.08. The Morgan fingerprint density at radius 3 is 2.95 bits per heavy atom. The molecule has 96 valence electrons. The maximum atomic E-state index is 4.56. The van der Waals surface area contributed by atoms with E-state index < -0.39 is 0 Å². The Balaban J connectivity index is 1.80. The molecule has 0 aliphatic rings. The topological polar surface area (TPSA) is 37.8 Å². The van der Waals surface area contributed by atoms with Crippen LogP contribution in [0, 0.1) is 6.92 Å². The van der Waals surface area contributed by atoms with E-state index in [4.69, 9.17) is 0 Å². The van der Waals surface area contributed by atoms with Gasteiger partial charge in [0.05, 0.1) is 5.52 Å². The van der Waals surface area contributed by atoms with Crippen molar-refractivity contribution in [1.29, 1.82) is 0 Å². The zero-order valence-corrected chi connectivity index (χ0v) is 11.6. The molecule has 0 saturated heterocycles. The van der Waals surface area contributed by atoms with Crippen LogP contribution in [-0.2, 0) is 13.1 Å². The van der Waals surface area contributed by atoms with Crippen molar-refractivity contribution in [3.05, 3.63) is 58.2 Å². The molecule has 0 bridgehead atoms. The van der Waals surface area contributed by atoms with Crippen LogP contribution in [0.4, 0.5) is 0 Å². The summed E-state index contributed by atoms with van der Waals surface area (Å²) in [6, 6.07) is 10.4. The molecule has 3 rings (SSSR count). The normalized spacial score (nSPS) is 11.0. The molecule has 2 aromatic heterocycles. The molecule has 1 aromatic carbocycles. The predicted octanol–water partition coefficient (Wildman–Crippen LogP) is 3.29. The van der Waals surface area contributed by atoms with Gasteiger partial charge in [-0.2, -0.15) is 0 Å². The van der Waals surface area contributed by atoms with Crippen LogP contribution in [-0.4, -0.2) is 9.97 Å². The molecule has 0 amide bonds. The molecule has 0 aliphatic carbocycles. The average Bonchev–Trinajstić information content (AvgIpc) is 2.91. The van der Waals surface area contributed by atoms with E-state index in [0.717, 1.165) is 29.3 Å². The van der Waals surface area contributed by atoms with Crippen molar-refractivity contribution in [3.63, 3.8) is 0 Å². The smallest absolute Gasteiger partial charge is 0.106 e. The van der Waals surface area contributed by atoms with E-state index in [9.17, 15) is 0 Å². The third kappa shape index (κ3) is 2.80. The minimum Gasteiger partial charge on any atom is -0.306 e. The molecule has 0 saturated carbocycles. The van der Waals surface area contributed by atoms with Gasteiger partial charge < -0.3 is 5.32 Å². The molecule has 0 unspecified atom stereocenters. The van der Waals surface area contributed by atoms with Gasteiger partial charge in [0.2, 0.25) is 0 Å². The molecule has 0 aliphatic heterocycles. The Bertz CT molecular complexity index is 677. The lowest BCUT2D eigenvalue weighted by molar-refractivity contribution is 0.692. The second-order valence-corrected chi connectivity index (χ2v) is 5.45. The number of nitrogens with one attached hydrogen (secondary N) is 1. The van der Waals surface area contributed by atoms with E-state index in [2.05, 4.69) is 39.6 Å². The van der Waals surface area contributed by atoms with Crippen molar-refractivity contribution in [2.24, 2.45) is 0 Å². The zero-order valence-electron chi connectivity index (χ0n) is 10.8. The van der Waals surface area contributed by atoms with Gasteiger partial charge in [-0.1, -0.05) is 18.2 Å². The summed E-state index contributed by atoms with van der Waals surface area (Å²) >= 11 is 1.68. The number of pyridine rings is 1. The Morgan fingerprint density at radius 1 is 1.21 bits per heavy atom. The van der Waals surface area contributed by atoms with E-state index in [1.54, 1.807) is 11.3 Å². The fraction of sp³-hybridized carbons (Fsp3) is 0.200. The second kappa shape index (κ2) is 5.47. The monoisotopic (exact) mass is 269 g/mol. The highest BCUT2D eigenvalue weighted by Gasteiger charge is 2.03. The molecule has 3 aromatic rings. The zero-order chi connectivity index (χ0) is 13.1. The fourth-order valence-corrected chi connectivity index (χ4v) is 2.77. The summed E-state index contributed by atoms with van der Waals surface area (Å²) in [6.45, 7) is 3.69. The molecular formula is C15H15N3S. The molecule has 19 heavy (non-hydrogen) atoms. The summed E-state index contributed by atoms with van der Waals surface area (Å²) < 4.78 is 0. The summed E-state index contributed by atoms with van der Waals surface area (Å²) in [5.74, 6) is 0. The molecule has 0 radical (unpaired) electrons. The van der Waals surface area contributed by atoms with Crippen molar-refractivity contribution >= 4 is 22.2 Å². The number of nitrogens with zero attached hydrogens (tertiary/aromatic N) is 2. The van der Waals surface area contributed by atoms with Crippen LogP contribution in [0.1, 0.15) is 16.3 Å². The lowest BCUT2D eigenvalue weighted by Crippen LogP contribution is -2.13. The van der Waals surface area contributed by atoms with Crippen molar-refractivity contribution in [1.82, 2.24) is 15.3 Å². The van der Waals surface area contributed by atoms with Gasteiger partial charge in [0.1, 0.15) is 5.01 Å². The Labute approximate surface area is 116 Å². The third-order valence-corrected chi connectivity index (χ3v) is 3.78. The third-order valence-electron chi connectivity index (χ3n) is 3.01. The molecule has 1 N–H and O–H groups in total. The molecule has 4 heteroatoms. The lowest BCUT2D eigenvalue weighted by atomic mass is 10.1. The maximum absolute atomic E-state index is 4.56. The van der Waals surface area contributed by atoms with E-state index >= 15 is 0 Å². The highest BCUT2D eigenvalue weighted by molar-refractivity contribution is 7.09. The quantitative estimate of drug-likeness (QED) is 0.789. The number of hydrogen-bond acceptors (Lipinski definition) is 4. The highest BCUT2D eigenvalue weighted by Crippen LogP contribution is 2.18. The van der Waals surface area contributed by atoms with Crippen molar-refractivity contribution in [2.75, 3.05) is 0 Å². The summed E-state index contributed by atoms with van der Waals surface area (Å²) in [5.41, 5.74) is 3.41. The largest absolute Gasteiger partial charge is 0.306 e. The van der Waals surface area contributed by atoms with Crippen molar-refractivity contribution in [3.8, 4) is 0 Å². The Morgan fingerprint density at radius 2 is 2.11 bits per heavy atom. The number of thiazole rings is 1. The number of hydrogen-bond donors (Lipinski definition) is 1. The van der Waals surface area contributed by atoms with Gasteiger partial charge in [0, 0.05) is 35.7 Å². The van der Waals surface area contributed by atoms with Crippen LogP contribution in [0.25, 0.3) is 10.9 Å². The predicted molar refractivity (Wildman–Crippen MR) is 79.1 cm³/mol. The first-order valence-corrected chi connectivity index (χ1v) is 7.15. The van der Waals surface area contributed by atoms with Crippen LogP contribution < -0.4 is 5.32 Å². The fourth-order valence-electron chi connectivity index (χ4n) is 2.19.